The van der Waals surface area contributed by atoms with Gasteiger partial charge in [0.15, 0.2) is 0 Å². The third kappa shape index (κ3) is 32.5. The average Bonchev–Trinajstić information content (AvgIpc) is 1.87. The van der Waals surface area contributed by atoms with E-state index < -0.39 is 11.9 Å². The second-order valence-electron chi connectivity index (χ2n) is 1.70. The van der Waals surface area contributed by atoms with Crippen LogP contribution >= 0.6 is 0 Å². The Hall–Kier alpha value is 0.562. The first kappa shape index (κ1) is 19.2. The van der Waals surface area contributed by atoms with Crippen molar-refractivity contribution in [3.05, 3.63) is 0 Å². The van der Waals surface area contributed by atoms with Crippen LogP contribution in [-0.2, 0) is 34.8 Å². The van der Waals surface area contributed by atoms with E-state index in [0.29, 0.717) is 11.5 Å². The first-order chi connectivity index (χ1) is 5.54. The molecule has 4 nitrogen and oxygen atoms in total. The maximum atomic E-state index is 9.53. The predicted molar refractivity (Wildman–Crippen MR) is 54.7 cm³/mol. The number of carbonyl (C=O) groups is 2. The molecule has 0 rings (SSSR count). The first-order valence-electron chi connectivity index (χ1n) is 3.14. The molecular formula is C6H10O4PbS2. The Morgan fingerprint density at radius 1 is 0.923 bits per heavy atom. The second kappa shape index (κ2) is 15.1. The van der Waals surface area contributed by atoms with Crippen molar-refractivity contribution in [2.75, 3.05) is 11.5 Å². The molecule has 0 bridgehead atoms. The minimum atomic E-state index is -0.815. The topological polar surface area (TPSA) is 74.6 Å². The quantitative estimate of drug-likeness (QED) is 0.481. The van der Waals surface area contributed by atoms with E-state index in [1.54, 1.807) is 0 Å². The smallest absolute Gasteiger partial charge is 0.792 e. The van der Waals surface area contributed by atoms with E-state index in [2.05, 4.69) is 25.3 Å². The van der Waals surface area contributed by atoms with E-state index in [1.807, 2.05) is 0 Å². The molecule has 0 heterocycles. The molecule has 7 heteroatoms. The van der Waals surface area contributed by atoms with Crippen LogP contribution in [0.4, 0.5) is 0 Å². The summed E-state index contributed by atoms with van der Waals surface area (Å²) in [5.41, 5.74) is 0. The van der Waals surface area contributed by atoms with Crippen LogP contribution in [0.5, 0.6) is 0 Å². The summed E-state index contributed by atoms with van der Waals surface area (Å²) >= 11 is 8.69. The van der Waals surface area contributed by atoms with Crippen LogP contribution in [0.25, 0.3) is 0 Å². The normalized spacial score (nSPS) is 7.54. The molecule has 0 aliphatic heterocycles. The van der Waals surface area contributed by atoms with Gasteiger partial charge in [0.05, 0.1) is 0 Å². The average molecular weight is 417 g/mol. The van der Waals surface area contributed by atoms with E-state index in [9.17, 15) is 9.59 Å². The van der Waals surface area contributed by atoms with Crippen LogP contribution in [-0.4, -0.2) is 61.0 Å². The Morgan fingerprint density at radius 3 is 1.15 bits per heavy atom. The second-order valence-corrected chi connectivity index (χ2v) is 2.51. The Morgan fingerprint density at radius 2 is 1.15 bits per heavy atom. The maximum Gasteiger partial charge on any atom is 2.00 e. The fourth-order valence-corrected chi connectivity index (χ4v) is 0.524. The zero-order valence-electron chi connectivity index (χ0n) is 6.86. The molecule has 0 amide bonds. The van der Waals surface area contributed by atoms with Crippen molar-refractivity contribution in [2.24, 2.45) is 0 Å². The van der Waals surface area contributed by atoms with E-state index in [-0.39, 0.29) is 40.1 Å². The van der Waals surface area contributed by atoms with Crippen molar-refractivity contribution in [1.29, 1.82) is 0 Å². The molecule has 0 fully saturated rings. The summed E-state index contributed by atoms with van der Waals surface area (Å²) in [7, 11) is 0. The van der Waals surface area contributed by atoms with Crippen molar-refractivity contribution in [3.8, 4) is 0 Å². The minimum Gasteiger partial charge on any atom is -0.792 e. The minimum absolute atomic E-state index is 0. The standard InChI is InChI=1S/2C3H6O2S.Pb/c2*4-3(5)1-2-6;/h2*6H,1-2H2,(H,4,5);/q;;+2/p-2. The molecule has 0 spiro atoms. The van der Waals surface area contributed by atoms with Crippen LogP contribution in [0, 0.1) is 0 Å². The van der Waals surface area contributed by atoms with Gasteiger partial charge < -0.3 is 35.5 Å². The van der Waals surface area contributed by atoms with Crippen LogP contribution in [0.2, 0.25) is 0 Å². The molecule has 74 valence electrons. The molecule has 2 N–H and O–H groups in total. The number of carboxylic acids is 2. The molecule has 0 saturated heterocycles. The predicted octanol–water partition coefficient (Wildman–Crippen LogP) is -0.365. The van der Waals surface area contributed by atoms with Gasteiger partial charge in [-0.2, -0.15) is 11.5 Å². The fraction of sp³-hybridized carbons (Fsp3) is 0.667. The third-order valence-corrected chi connectivity index (χ3v) is 1.04. The first-order valence-corrected chi connectivity index (χ1v) is 4.29. The molecule has 0 aromatic rings. The Balaban J connectivity index is -0.000000143. The Bertz CT molecular complexity index is 127. The van der Waals surface area contributed by atoms with Gasteiger partial charge in [0.1, 0.15) is 0 Å². The molecule has 0 unspecified atom stereocenters. The largest absolute Gasteiger partial charge is 2.00 e. The number of carboxylic acid groups (broad SMARTS) is 2. The van der Waals surface area contributed by atoms with Crippen molar-refractivity contribution >= 4 is 64.5 Å². The van der Waals surface area contributed by atoms with Gasteiger partial charge in [0, 0.05) is 12.8 Å². The van der Waals surface area contributed by atoms with Gasteiger partial charge in [-0.25, -0.2) is 0 Å². The number of hydrogen-bond acceptors (Lipinski definition) is 4. The number of aliphatic carboxylic acids is 2. The van der Waals surface area contributed by atoms with Gasteiger partial charge in [-0.05, 0) is 0 Å². The van der Waals surface area contributed by atoms with E-state index in [0.717, 1.165) is 0 Å². The monoisotopic (exact) mass is 418 g/mol. The number of rotatable bonds is 4. The van der Waals surface area contributed by atoms with Gasteiger partial charge in [-0.1, -0.05) is 0 Å². The molecule has 0 atom stereocenters. The fourth-order valence-electron chi connectivity index (χ4n) is 0.175. The van der Waals surface area contributed by atoms with E-state index in [1.165, 1.54) is 0 Å². The van der Waals surface area contributed by atoms with Crippen LogP contribution in [0.3, 0.4) is 0 Å². The van der Waals surface area contributed by atoms with Gasteiger partial charge in [-0.15, -0.1) is 0 Å². The van der Waals surface area contributed by atoms with Crippen molar-refractivity contribution in [3.63, 3.8) is 0 Å². The summed E-state index contributed by atoms with van der Waals surface area (Å²) in [6.07, 6.45) is 0.213. The van der Waals surface area contributed by atoms with Crippen LogP contribution in [0.15, 0.2) is 0 Å². The SMILES string of the molecule is O=C(O)CC[S-].O=C(O)CC[S-].[Pb+2]. The summed E-state index contributed by atoms with van der Waals surface area (Å²) in [5, 5.41) is 15.7. The Labute approximate surface area is 108 Å². The van der Waals surface area contributed by atoms with E-state index in [4.69, 9.17) is 10.2 Å². The van der Waals surface area contributed by atoms with Gasteiger partial charge in [0.25, 0.3) is 0 Å². The van der Waals surface area contributed by atoms with Crippen molar-refractivity contribution < 1.29 is 19.8 Å². The maximum absolute atomic E-state index is 9.53. The summed E-state index contributed by atoms with van der Waals surface area (Å²) < 4.78 is 0. The molecule has 0 aromatic heterocycles. The number of hydrogen-bond donors (Lipinski definition) is 2. The molecule has 13 heavy (non-hydrogen) atoms. The summed E-state index contributed by atoms with van der Waals surface area (Å²) in [5.74, 6) is -1.000. The third-order valence-electron chi connectivity index (χ3n) is 0.632. The Kier molecular flexibility index (Phi) is 22.2. The molecular weight excluding hydrogens is 407 g/mol. The van der Waals surface area contributed by atoms with Gasteiger partial charge in [-0.3, -0.25) is 9.59 Å². The van der Waals surface area contributed by atoms with Gasteiger partial charge in [0.2, 0.25) is 0 Å². The molecule has 0 aromatic carbocycles. The zero-order chi connectivity index (χ0) is 9.98. The van der Waals surface area contributed by atoms with Crippen LogP contribution in [0.1, 0.15) is 12.8 Å². The van der Waals surface area contributed by atoms with E-state index >= 15 is 0 Å². The van der Waals surface area contributed by atoms with Crippen molar-refractivity contribution in [1.82, 2.24) is 0 Å². The van der Waals surface area contributed by atoms with Crippen LogP contribution < -0.4 is 0 Å². The molecule has 0 aliphatic rings. The summed E-state index contributed by atoms with van der Waals surface area (Å²) in [6.45, 7) is 0. The molecule has 2 radical (unpaired) electrons. The summed E-state index contributed by atoms with van der Waals surface area (Å²) in [4.78, 5) is 19.1. The zero-order valence-corrected chi connectivity index (χ0v) is 12.4. The van der Waals surface area contributed by atoms with Crippen molar-refractivity contribution in [2.45, 2.75) is 12.8 Å². The molecule has 0 aliphatic carbocycles. The van der Waals surface area contributed by atoms with Gasteiger partial charge >= 0.3 is 39.2 Å². The summed E-state index contributed by atoms with van der Waals surface area (Å²) in [6, 6.07) is 0. The molecule has 0 saturated carbocycles.